The Bertz CT molecular complexity index is 364. The molecule has 16 heavy (non-hydrogen) atoms. The minimum Gasteiger partial charge on any atom is -0.479 e. The molecule has 0 amide bonds. The van der Waals surface area contributed by atoms with Gasteiger partial charge in [0.05, 0.1) is 6.61 Å². The van der Waals surface area contributed by atoms with Crippen molar-refractivity contribution in [2.45, 2.75) is 18.9 Å². The predicted octanol–water partition coefficient (Wildman–Crippen LogP) is 1.97. The summed E-state index contributed by atoms with van der Waals surface area (Å²) in [5.74, 6) is -1.01. The van der Waals surface area contributed by atoms with Crippen molar-refractivity contribution in [1.29, 1.82) is 0 Å². The molecule has 0 aliphatic heterocycles. The van der Waals surface area contributed by atoms with Gasteiger partial charge in [-0.2, -0.15) is 0 Å². The van der Waals surface area contributed by atoms with E-state index in [2.05, 4.69) is 11.6 Å². The lowest BCUT2D eigenvalue weighted by Gasteiger charge is -2.25. The summed E-state index contributed by atoms with van der Waals surface area (Å²) in [6.45, 7) is 5.42. The molecule has 1 rings (SSSR count). The first-order valence-electron chi connectivity index (χ1n) is 5.00. The third-order valence-corrected chi connectivity index (χ3v) is 2.35. The Hall–Kier alpha value is -1.68. The van der Waals surface area contributed by atoms with Crippen LogP contribution in [0.2, 0.25) is 0 Å². The molecule has 0 aromatic carbocycles. The van der Waals surface area contributed by atoms with Crippen LogP contribution in [0.15, 0.2) is 37.2 Å². The van der Waals surface area contributed by atoms with Crippen LogP contribution in [0.25, 0.3) is 0 Å². The van der Waals surface area contributed by atoms with Crippen LogP contribution in [0, 0.1) is 0 Å². The Labute approximate surface area is 94.6 Å². The number of hydrogen-bond acceptors (Lipinski definition) is 3. The highest BCUT2D eigenvalue weighted by molar-refractivity contribution is 5.78. The van der Waals surface area contributed by atoms with Crippen molar-refractivity contribution >= 4 is 5.97 Å². The lowest BCUT2D eigenvalue weighted by atomic mass is 9.97. The molecule has 0 saturated heterocycles. The molecule has 1 unspecified atom stereocenters. The van der Waals surface area contributed by atoms with Crippen molar-refractivity contribution in [3.8, 4) is 0 Å². The lowest BCUT2D eigenvalue weighted by Crippen LogP contribution is -2.35. The molecular formula is C12H15NO3. The standard InChI is InChI=1S/C12H15NO3/c1-3-4-9-16-12(2,11(14)15)10-5-7-13-8-6-10/h3,5-8H,1,4,9H2,2H3,(H,14,15). The van der Waals surface area contributed by atoms with Crippen LogP contribution in [-0.4, -0.2) is 22.7 Å². The molecule has 1 N–H and O–H groups in total. The van der Waals surface area contributed by atoms with Crippen molar-refractivity contribution < 1.29 is 14.6 Å². The van der Waals surface area contributed by atoms with Gasteiger partial charge in [0.25, 0.3) is 0 Å². The van der Waals surface area contributed by atoms with Gasteiger partial charge in [0.2, 0.25) is 0 Å². The summed E-state index contributed by atoms with van der Waals surface area (Å²) in [6.07, 6.45) is 5.41. The van der Waals surface area contributed by atoms with Crippen molar-refractivity contribution in [2.75, 3.05) is 6.61 Å². The zero-order valence-electron chi connectivity index (χ0n) is 9.22. The maximum absolute atomic E-state index is 11.2. The molecule has 1 atom stereocenters. The number of carboxylic acid groups (broad SMARTS) is 1. The number of aliphatic carboxylic acids is 1. The van der Waals surface area contributed by atoms with Gasteiger partial charge in [-0.05, 0) is 31.0 Å². The SMILES string of the molecule is C=CCCOC(C)(C(=O)O)c1ccncc1. The molecule has 86 valence electrons. The minimum absolute atomic E-state index is 0.328. The number of nitrogens with zero attached hydrogens (tertiary/aromatic N) is 1. The van der Waals surface area contributed by atoms with E-state index in [1.54, 1.807) is 30.6 Å². The molecule has 4 nitrogen and oxygen atoms in total. The summed E-state index contributed by atoms with van der Waals surface area (Å²) in [4.78, 5) is 15.1. The quantitative estimate of drug-likeness (QED) is 0.589. The van der Waals surface area contributed by atoms with E-state index < -0.39 is 11.6 Å². The van der Waals surface area contributed by atoms with E-state index in [1.165, 1.54) is 6.92 Å². The smallest absolute Gasteiger partial charge is 0.340 e. The maximum atomic E-state index is 11.2. The molecule has 0 spiro atoms. The number of aromatic nitrogens is 1. The van der Waals surface area contributed by atoms with Gasteiger partial charge in [-0.1, -0.05) is 6.08 Å². The van der Waals surface area contributed by atoms with Gasteiger partial charge < -0.3 is 9.84 Å². The van der Waals surface area contributed by atoms with Crippen molar-refractivity contribution in [2.24, 2.45) is 0 Å². The number of carboxylic acids is 1. The molecule has 0 fully saturated rings. The first-order chi connectivity index (χ1) is 7.61. The Balaban J connectivity index is 2.89. The zero-order valence-corrected chi connectivity index (χ0v) is 9.22. The lowest BCUT2D eigenvalue weighted by molar-refractivity contribution is -0.165. The van der Waals surface area contributed by atoms with Gasteiger partial charge in [0.1, 0.15) is 0 Å². The van der Waals surface area contributed by atoms with E-state index in [1.807, 2.05) is 0 Å². The molecule has 0 saturated carbocycles. The van der Waals surface area contributed by atoms with Gasteiger partial charge in [-0.3, -0.25) is 4.98 Å². The van der Waals surface area contributed by atoms with Gasteiger partial charge in [0.15, 0.2) is 5.60 Å². The summed E-state index contributed by atoms with van der Waals surface area (Å²) >= 11 is 0. The largest absolute Gasteiger partial charge is 0.479 e. The third-order valence-electron chi connectivity index (χ3n) is 2.35. The predicted molar refractivity (Wildman–Crippen MR) is 60.0 cm³/mol. The average molecular weight is 221 g/mol. The molecule has 0 bridgehead atoms. The Morgan fingerprint density at radius 2 is 2.25 bits per heavy atom. The van der Waals surface area contributed by atoms with Crippen LogP contribution >= 0.6 is 0 Å². The van der Waals surface area contributed by atoms with Crippen LogP contribution in [0.1, 0.15) is 18.9 Å². The molecule has 0 radical (unpaired) electrons. The second-order valence-corrected chi connectivity index (χ2v) is 3.50. The molecule has 1 heterocycles. The molecular weight excluding hydrogens is 206 g/mol. The fraction of sp³-hybridized carbons (Fsp3) is 0.333. The summed E-state index contributed by atoms with van der Waals surface area (Å²) in [5, 5.41) is 9.21. The Kier molecular flexibility index (Phi) is 4.19. The third kappa shape index (κ3) is 2.67. The van der Waals surface area contributed by atoms with E-state index in [-0.39, 0.29) is 0 Å². The fourth-order valence-electron chi connectivity index (χ4n) is 1.28. The van der Waals surface area contributed by atoms with E-state index in [4.69, 9.17) is 4.74 Å². The first-order valence-corrected chi connectivity index (χ1v) is 5.00. The normalized spacial score (nSPS) is 14.1. The van der Waals surface area contributed by atoms with E-state index in [0.29, 0.717) is 18.6 Å². The van der Waals surface area contributed by atoms with Gasteiger partial charge in [-0.25, -0.2) is 4.79 Å². The van der Waals surface area contributed by atoms with Crippen molar-refractivity contribution in [1.82, 2.24) is 4.98 Å². The van der Waals surface area contributed by atoms with Crippen LogP contribution in [-0.2, 0) is 15.1 Å². The highest BCUT2D eigenvalue weighted by atomic mass is 16.5. The topological polar surface area (TPSA) is 59.4 Å². The second kappa shape index (κ2) is 5.42. The number of carbonyl (C=O) groups is 1. The van der Waals surface area contributed by atoms with Gasteiger partial charge in [-0.15, -0.1) is 6.58 Å². The highest BCUT2D eigenvalue weighted by Gasteiger charge is 2.36. The van der Waals surface area contributed by atoms with Crippen LogP contribution < -0.4 is 0 Å². The van der Waals surface area contributed by atoms with E-state index >= 15 is 0 Å². The maximum Gasteiger partial charge on any atom is 0.340 e. The van der Waals surface area contributed by atoms with E-state index in [9.17, 15) is 9.90 Å². The van der Waals surface area contributed by atoms with Crippen molar-refractivity contribution in [3.05, 3.63) is 42.7 Å². The molecule has 1 aromatic rings. The Morgan fingerprint density at radius 1 is 1.62 bits per heavy atom. The number of ether oxygens (including phenoxy) is 1. The minimum atomic E-state index is -1.33. The highest BCUT2D eigenvalue weighted by Crippen LogP contribution is 2.25. The van der Waals surface area contributed by atoms with Gasteiger partial charge in [0, 0.05) is 12.4 Å². The van der Waals surface area contributed by atoms with Crippen LogP contribution in [0.4, 0.5) is 0 Å². The molecule has 4 heteroatoms. The number of hydrogen-bond donors (Lipinski definition) is 1. The van der Waals surface area contributed by atoms with Crippen LogP contribution in [0.3, 0.4) is 0 Å². The first kappa shape index (κ1) is 12.4. The second-order valence-electron chi connectivity index (χ2n) is 3.50. The molecule has 0 aliphatic rings. The van der Waals surface area contributed by atoms with Crippen LogP contribution in [0.5, 0.6) is 0 Å². The summed E-state index contributed by atoms with van der Waals surface area (Å²) in [6, 6.07) is 3.28. The molecule has 1 aromatic heterocycles. The summed E-state index contributed by atoms with van der Waals surface area (Å²) < 4.78 is 5.42. The zero-order chi connectivity index (χ0) is 12.0. The molecule has 0 aliphatic carbocycles. The van der Waals surface area contributed by atoms with Crippen molar-refractivity contribution in [3.63, 3.8) is 0 Å². The summed E-state index contributed by atoms with van der Waals surface area (Å²) in [5.41, 5.74) is -0.745. The monoisotopic (exact) mass is 221 g/mol. The number of pyridine rings is 1. The fourth-order valence-corrected chi connectivity index (χ4v) is 1.28. The van der Waals surface area contributed by atoms with Gasteiger partial charge >= 0.3 is 5.97 Å². The Morgan fingerprint density at radius 3 is 2.75 bits per heavy atom. The van der Waals surface area contributed by atoms with E-state index in [0.717, 1.165) is 0 Å². The summed E-state index contributed by atoms with van der Waals surface area (Å²) in [7, 11) is 0. The average Bonchev–Trinajstić information content (AvgIpc) is 2.30. The number of rotatable bonds is 6.